The van der Waals surface area contributed by atoms with Gasteiger partial charge in [0.05, 0.1) is 16.9 Å². The molecule has 0 bridgehead atoms. The number of nitrogens with one attached hydrogen (secondary N) is 1. The number of nitro benzene ring substituents is 1. The maximum absolute atomic E-state index is 12.5. The minimum atomic E-state index is -0.998. The van der Waals surface area contributed by atoms with E-state index in [1.54, 1.807) is 0 Å². The summed E-state index contributed by atoms with van der Waals surface area (Å²) in [4.78, 5) is 60.4. The van der Waals surface area contributed by atoms with Gasteiger partial charge in [-0.3, -0.25) is 34.2 Å². The first kappa shape index (κ1) is 21.4. The predicted octanol–water partition coefficient (Wildman–Crippen LogP) is 1.96. The number of ether oxygens (including phenoxy) is 1. The number of nitro groups is 1. The number of nitrogens with zero attached hydrogens (tertiary/aromatic N) is 2. The van der Waals surface area contributed by atoms with Crippen LogP contribution in [0.4, 0.5) is 5.69 Å². The van der Waals surface area contributed by atoms with E-state index in [2.05, 4.69) is 5.32 Å². The molecule has 10 heteroatoms. The molecule has 160 valence electrons. The quantitative estimate of drug-likeness (QED) is 0.310. The highest BCUT2D eigenvalue weighted by atomic mass is 16.6. The van der Waals surface area contributed by atoms with Gasteiger partial charge in [0.15, 0.2) is 6.10 Å². The van der Waals surface area contributed by atoms with Crippen molar-refractivity contribution < 1.29 is 28.8 Å². The van der Waals surface area contributed by atoms with Crippen molar-refractivity contribution in [1.29, 1.82) is 0 Å². The van der Waals surface area contributed by atoms with Crippen LogP contribution >= 0.6 is 0 Å². The Labute approximate surface area is 172 Å². The molecule has 3 amide bonds. The fourth-order valence-electron chi connectivity index (χ4n) is 3.75. The first-order valence-corrected chi connectivity index (χ1v) is 9.93. The van der Waals surface area contributed by atoms with Crippen molar-refractivity contribution in [3.05, 3.63) is 39.4 Å². The molecule has 0 radical (unpaired) electrons. The van der Waals surface area contributed by atoms with Gasteiger partial charge >= 0.3 is 5.97 Å². The molecule has 0 spiro atoms. The zero-order valence-electron chi connectivity index (χ0n) is 16.6. The summed E-state index contributed by atoms with van der Waals surface area (Å²) >= 11 is 0. The van der Waals surface area contributed by atoms with Crippen molar-refractivity contribution >= 4 is 29.4 Å². The number of imide groups is 1. The largest absolute Gasteiger partial charge is 0.452 e. The Morgan fingerprint density at radius 2 is 1.93 bits per heavy atom. The standard InChI is InChI=1S/C20H23N3O7/c1-12(18(25)21-13-6-3-2-4-7-13)30-16(24)10-11-22-19(26)14-8-5-9-15(23(28)29)17(14)20(22)27/h5,8-9,12-13H,2-4,6-7,10-11H2,1H3,(H,21,25)/t12-/m1/s1. The number of benzene rings is 1. The average Bonchev–Trinajstić information content (AvgIpc) is 2.97. The highest BCUT2D eigenvalue weighted by Crippen LogP contribution is 2.30. The van der Waals surface area contributed by atoms with E-state index >= 15 is 0 Å². The predicted molar refractivity (Wildman–Crippen MR) is 104 cm³/mol. The van der Waals surface area contributed by atoms with Gasteiger partial charge in [-0.2, -0.15) is 0 Å². The Bertz CT molecular complexity index is 892. The van der Waals surface area contributed by atoms with E-state index in [-0.39, 0.29) is 36.0 Å². The topological polar surface area (TPSA) is 136 Å². The molecule has 1 atom stereocenters. The van der Waals surface area contributed by atoms with Gasteiger partial charge in [0.25, 0.3) is 23.4 Å². The molecule has 10 nitrogen and oxygen atoms in total. The maximum atomic E-state index is 12.5. The monoisotopic (exact) mass is 417 g/mol. The molecule has 30 heavy (non-hydrogen) atoms. The molecule has 0 unspecified atom stereocenters. The Hall–Kier alpha value is -3.30. The third kappa shape index (κ3) is 4.47. The van der Waals surface area contributed by atoms with Gasteiger partial charge < -0.3 is 10.1 Å². The van der Waals surface area contributed by atoms with Gasteiger partial charge in [0.1, 0.15) is 5.56 Å². The first-order valence-electron chi connectivity index (χ1n) is 9.93. The van der Waals surface area contributed by atoms with Crippen LogP contribution in [0.2, 0.25) is 0 Å². The van der Waals surface area contributed by atoms with E-state index in [1.807, 2.05) is 0 Å². The number of hydrogen-bond acceptors (Lipinski definition) is 7. The lowest BCUT2D eigenvalue weighted by atomic mass is 9.95. The van der Waals surface area contributed by atoms with E-state index in [4.69, 9.17) is 4.74 Å². The van der Waals surface area contributed by atoms with E-state index < -0.39 is 34.5 Å². The van der Waals surface area contributed by atoms with Crippen LogP contribution in [0.1, 0.15) is 66.2 Å². The fourth-order valence-corrected chi connectivity index (χ4v) is 3.75. The molecule has 1 heterocycles. The Kier molecular flexibility index (Phi) is 6.43. The summed E-state index contributed by atoms with van der Waals surface area (Å²) in [5, 5.41) is 14.0. The lowest BCUT2D eigenvalue weighted by Crippen LogP contribution is -2.43. The van der Waals surface area contributed by atoms with Gasteiger partial charge in [-0.1, -0.05) is 25.3 Å². The van der Waals surface area contributed by atoms with E-state index in [9.17, 15) is 29.3 Å². The van der Waals surface area contributed by atoms with Crippen LogP contribution in [-0.2, 0) is 14.3 Å². The molecule has 1 aromatic carbocycles. The number of carbonyl (C=O) groups is 4. The highest BCUT2D eigenvalue weighted by Gasteiger charge is 2.41. The van der Waals surface area contributed by atoms with Crippen LogP contribution in [-0.4, -0.2) is 52.2 Å². The average molecular weight is 417 g/mol. The van der Waals surface area contributed by atoms with Crippen LogP contribution < -0.4 is 5.32 Å². The third-order valence-corrected chi connectivity index (χ3v) is 5.34. The van der Waals surface area contributed by atoms with E-state index in [0.29, 0.717) is 0 Å². The van der Waals surface area contributed by atoms with Crippen molar-refractivity contribution in [2.45, 2.75) is 57.6 Å². The van der Waals surface area contributed by atoms with Crippen LogP contribution in [0.5, 0.6) is 0 Å². The molecule has 0 saturated heterocycles. The summed E-state index contributed by atoms with van der Waals surface area (Å²) < 4.78 is 5.11. The Balaban J connectivity index is 1.54. The number of hydrogen-bond donors (Lipinski definition) is 1. The lowest BCUT2D eigenvalue weighted by molar-refractivity contribution is -0.385. The Morgan fingerprint density at radius 3 is 2.60 bits per heavy atom. The van der Waals surface area contributed by atoms with Gasteiger partial charge in [-0.15, -0.1) is 0 Å². The zero-order chi connectivity index (χ0) is 21.8. The molecule has 1 saturated carbocycles. The van der Waals surface area contributed by atoms with Crippen molar-refractivity contribution in [1.82, 2.24) is 10.2 Å². The summed E-state index contributed by atoms with van der Waals surface area (Å²) in [6.45, 7) is 1.17. The molecular weight excluding hydrogens is 394 g/mol. The van der Waals surface area contributed by atoms with Gasteiger partial charge in [-0.05, 0) is 25.8 Å². The fraction of sp³-hybridized carbons (Fsp3) is 0.500. The van der Waals surface area contributed by atoms with Gasteiger partial charge in [-0.25, -0.2) is 0 Å². The molecule has 3 rings (SSSR count). The van der Waals surface area contributed by atoms with Crippen molar-refractivity contribution in [2.24, 2.45) is 0 Å². The summed E-state index contributed by atoms with van der Waals surface area (Å²) in [5.74, 6) is -2.65. The second kappa shape index (κ2) is 9.02. The van der Waals surface area contributed by atoms with Crippen LogP contribution in [0, 0.1) is 10.1 Å². The second-order valence-corrected chi connectivity index (χ2v) is 7.44. The number of carbonyl (C=O) groups excluding carboxylic acids is 4. The molecule has 2 aliphatic rings. The van der Waals surface area contributed by atoms with Gasteiger partial charge in [0.2, 0.25) is 0 Å². The number of rotatable bonds is 7. The number of amides is 3. The second-order valence-electron chi connectivity index (χ2n) is 7.44. The van der Waals surface area contributed by atoms with Crippen LogP contribution in [0.25, 0.3) is 0 Å². The van der Waals surface area contributed by atoms with E-state index in [1.165, 1.54) is 19.1 Å². The SMILES string of the molecule is C[C@@H](OC(=O)CCN1C(=O)c2cccc([N+](=O)[O-])c2C1=O)C(=O)NC1CCCCC1. The molecule has 1 N–H and O–H groups in total. The Morgan fingerprint density at radius 1 is 1.23 bits per heavy atom. The van der Waals surface area contributed by atoms with Crippen molar-refractivity contribution in [3.63, 3.8) is 0 Å². The van der Waals surface area contributed by atoms with Crippen LogP contribution in [0.3, 0.4) is 0 Å². The van der Waals surface area contributed by atoms with Gasteiger partial charge in [0, 0.05) is 18.7 Å². The number of fused-ring (bicyclic) bond motifs is 1. The van der Waals surface area contributed by atoms with Crippen molar-refractivity contribution in [3.8, 4) is 0 Å². The summed E-state index contributed by atoms with van der Waals surface area (Å²) in [7, 11) is 0. The summed E-state index contributed by atoms with van der Waals surface area (Å²) in [5.41, 5.74) is -0.798. The third-order valence-electron chi connectivity index (χ3n) is 5.34. The molecule has 1 fully saturated rings. The molecular formula is C20H23N3O7. The maximum Gasteiger partial charge on any atom is 0.308 e. The minimum Gasteiger partial charge on any atom is -0.452 e. The molecule has 0 aromatic heterocycles. The minimum absolute atomic E-state index is 0.0669. The summed E-state index contributed by atoms with van der Waals surface area (Å²) in [6, 6.07) is 3.89. The first-order chi connectivity index (χ1) is 14.3. The van der Waals surface area contributed by atoms with Crippen molar-refractivity contribution in [2.75, 3.05) is 6.54 Å². The molecule has 1 aliphatic heterocycles. The molecule has 1 aliphatic carbocycles. The van der Waals surface area contributed by atoms with Crippen LogP contribution in [0.15, 0.2) is 18.2 Å². The smallest absolute Gasteiger partial charge is 0.308 e. The van der Waals surface area contributed by atoms with E-state index in [0.717, 1.165) is 43.1 Å². The molecule has 1 aromatic rings. The lowest BCUT2D eigenvalue weighted by Gasteiger charge is -2.24. The number of esters is 1. The summed E-state index contributed by atoms with van der Waals surface area (Å²) in [6.07, 6.45) is 3.74. The highest BCUT2D eigenvalue weighted by molar-refractivity contribution is 6.23. The normalized spacial score (nSPS) is 17.4. The zero-order valence-corrected chi connectivity index (χ0v) is 16.6.